The van der Waals surface area contributed by atoms with Crippen LogP contribution in [0, 0.1) is 5.41 Å². The Bertz CT molecular complexity index is 983. The van der Waals surface area contributed by atoms with Gasteiger partial charge in [0.15, 0.2) is 5.78 Å². The van der Waals surface area contributed by atoms with Gasteiger partial charge >= 0.3 is 22.6 Å². The Kier molecular flexibility index (Phi) is 16.2. The number of ether oxygens (including phenoxy) is 1. The maximum absolute atomic E-state index is 12.4. The molecule has 36 heavy (non-hydrogen) atoms. The molecule has 0 spiro atoms. The summed E-state index contributed by atoms with van der Waals surface area (Å²) in [6.07, 6.45) is 6.50. The molecule has 2 aromatic rings. The molecule has 1 atom stereocenters. The zero-order chi connectivity index (χ0) is 27.7. The van der Waals surface area contributed by atoms with E-state index in [1.807, 2.05) is 62.8 Å². The van der Waals surface area contributed by atoms with Crippen LogP contribution in [0.15, 0.2) is 91.2 Å². The Hall–Kier alpha value is -2.84. The van der Waals surface area contributed by atoms with E-state index in [1.165, 1.54) is 17.3 Å². The molecule has 0 aliphatic heterocycles. The van der Waals surface area contributed by atoms with Crippen molar-refractivity contribution in [2.24, 2.45) is 10.4 Å². The average Bonchev–Trinajstić information content (AvgIpc) is 2.88. The van der Waals surface area contributed by atoms with Crippen LogP contribution < -0.4 is 4.74 Å². The van der Waals surface area contributed by atoms with Gasteiger partial charge in [-0.25, -0.2) is 0 Å². The zero-order valence-electron chi connectivity index (χ0n) is 23.3. The SMILES string of the molecule is C=CN=C(C=C)COc1ccc(C(c2ccc(C(=O)/C=C/N(C)C)cc2)C(C)(C)C)cc1.CC.C[As]. The van der Waals surface area contributed by atoms with Crippen molar-refractivity contribution in [1.82, 2.24) is 4.90 Å². The van der Waals surface area contributed by atoms with E-state index in [0.29, 0.717) is 12.2 Å². The molecule has 0 amide bonds. The molecule has 0 heterocycles. The van der Waals surface area contributed by atoms with Gasteiger partial charge in [0, 0.05) is 44.1 Å². The van der Waals surface area contributed by atoms with Gasteiger partial charge in [-0.05, 0) is 34.8 Å². The molecule has 0 aromatic heterocycles. The molecule has 2 rings (SSSR count). The number of hydrogen-bond acceptors (Lipinski definition) is 4. The zero-order valence-corrected chi connectivity index (χ0v) is 25.2. The second-order valence-electron chi connectivity index (χ2n) is 8.93. The van der Waals surface area contributed by atoms with Crippen LogP contribution in [-0.2, 0) is 0 Å². The van der Waals surface area contributed by atoms with Gasteiger partial charge in [-0.3, -0.25) is 9.79 Å². The number of benzene rings is 2. The fourth-order valence-electron chi connectivity index (χ4n) is 3.53. The predicted octanol–water partition coefficient (Wildman–Crippen LogP) is 7.50. The Labute approximate surface area is 228 Å². The molecule has 0 bridgehead atoms. The van der Waals surface area contributed by atoms with Crippen molar-refractivity contribution in [2.75, 3.05) is 20.7 Å². The molecule has 2 radical (unpaired) electrons. The number of aliphatic imine (C=N–C) groups is 1. The number of hydrogen-bond donors (Lipinski definition) is 0. The van der Waals surface area contributed by atoms with Crippen LogP contribution >= 0.6 is 0 Å². The summed E-state index contributed by atoms with van der Waals surface area (Å²) in [7, 11) is 3.79. The van der Waals surface area contributed by atoms with Gasteiger partial charge in [0.05, 0.1) is 5.71 Å². The summed E-state index contributed by atoms with van der Waals surface area (Å²) in [6.45, 7) is 18.4. The molecular weight excluding hydrogens is 507 g/mol. The quantitative estimate of drug-likeness (QED) is 0.133. The second kappa shape index (κ2) is 17.6. The summed E-state index contributed by atoms with van der Waals surface area (Å²) in [5.41, 5.74) is 5.71. The summed E-state index contributed by atoms with van der Waals surface area (Å²) in [5, 5.41) is 0. The van der Waals surface area contributed by atoms with Crippen LogP contribution in [0.1, 0.15) is 62.0 Å². The molecule has 2 aromatic carbocycles. The van der Waals surface area contributed by atoms with E-state index < -0.39 is 0 Å². The fourth-order valence-corrected chi connectivity index (χ4v) is 3.53. The van der Waals surface area contributed by atoms with Crippen molar-refractivity contribution in [3.8, 4) is 5.75 Å². The predicted molar refractivity (Wildman–Crippen MR) is 158 cm³/mol. The second-order valence-corrected chi connectivity index (χ2v) is 8.93. The van der Waals surface area contributed by atoms with Crippen molar-refractivity contribution >= 4 is 28.3 Å². The van der Waals surface area contributed by atoms with E-state index in [1.54, 1.807) is 18.4 Å². The summed E-state index contributed by atoms with van der Waals surface area (Å²) < 4.78 is 5.82. The number of rotatable bonds is 10. The van der Waals surface area contributed by atoms with Gasteiger partial charge in [0.25, 0.3) is 0 Å². The topological polar surface area (TPSA) is 41.9 Å². The van der Waals surface area contributed by atoms with Crippen molar-refractivity contribution < 1.29 is 9.53 Å². The first kappa shape index (κ1) is 33.2. The molecule has 0 N–H and O–H groups in total. The minimum absolute atomic E-state index is 0.00190. The summed E-state index contributed by atoms with van der Waals surface area (Å²) in [6, 6.07) is 16.1. The van der Waals surface area contributed by atoms with Gasteiger partial charge in [-0.2, -0.15) is 0 Å². The molecule has 4 nitrogen and oxygen atoms in total. The van der Waals surface area contributed by atoms with Crippen LogP contribution in [0.3, 0.4) is 0 Å². The fraction of sp³-hybridized carbons (Fsp3) is 0.355. The van der Waals surface area contributed by atoms with Crippen LogP contribution in [0.2, 0.25) is 5.71 Å². The normalized spacial score (nSPS) is 11.9. The van der Waals surface area contributed by atoms with Gasteiger partial charge in [0.1, 0.15) is 12.4 Å². The molecule has 5 heteroatoms. The van der Waals surface area contributed by atoms with Gasteiger partial charge in [-0.15, -0.1) is 0 Å². The van der Waals surface area contributed by atoms with Crippen molar-refractivity contribution in [2.45, 2.75) is 46.2 Å². The Morgan fingerprint density at radius 1 is 1.00 bits per heavy atom. The summed E-state index contributed by atoms with van der Waals surface area (Å²) in [5.74, 6) is 0.940. The molecule has 0 saturated heterocycles. The molecule has 0 aliphatic rings. The number of allylic oxidation sites excluding steroid dienone is 1. The first-order chi connectivity index (χ1) is 17.2. The standard InChI is InChI=1S/C28H34N2O2.C2H6.CH3As/c1-8-24(29-9-2)20-32-25-16-14-23(15-17-25)27(28(3,4)5)22-12-10-21(11-13-22)26(31)18-19-30(6)7;2*1-2/h8-19,27H,1-2,20H2,3-7H3;1-2H3;1H3/b19-18+,29-24?;;. The Morgan fingerprint density at radius 2 is 1.50 bits per heavy atom. The molecule has 1 unspecified atom stereocenters. The van der Waals surface area contributed by atoms with Gasteiger partial charge in [-0.1, -0.05) is 84.2 Å². The van der Waals surface area contributed by atoms with E-state index >= 15 is 0 Å². The van der Waals surface area contributed by atoms with Crippen molar-refractivity contribution in [1.29, 1.82) is 0 Å². The molecular formula is C31H43AsN2O2. The Balaban J connectivity index is 0.00000291. The van der Waals surface area contributed by atoms with E-state index in [4.69, 9.17) is 4.74 Å². The number of carbonyl (C=O) groups excluding carboxylic acids is 1. The third-order valence-corrected chi connectivity index (χ3v) is 5.01. The number of carbonyl (C=O) groups is 1. The van der Waals surface area contributed by atoms with Crippen LogP contribution in [0.5, 0.6) is 5.75 Å². The first-order valence-electron chi connectivity index (χ1n) is 12.1. The average molecular weight is 551 g/mol. The van der Waals surface area contributed by atoms with Crippen LogP contribution in [0.25, 0.3) is 0 Å². The number of nitrogens with zero attached hydrogens (tertiary/aromatic N) is 2. The van der Waals surface area contributed by atoms with Crippen molar-refractivity contribution in [3.05, 3.63) is 103 Å². The maximum atomic E-state index is 12.4. The summed E-state index contributed by atoms with van der Waals surface area (Å²) >= 11 is 2.31. The van der Waals surface area contributed by atoms with Gasteiger partial charge < -0.3 is 9.64 Å². The van der Waals surface area contributed by atoms with Crippen molar-refractivity contribution in [3.63, 3.8) is 0 Å². The van der Waals surface area contributed by atoms with E-state index in [0.717, 1.165) is 11.5 Å². The molecule has 0 fully saturated rings. The van der Waals surface area contributed by atoms with Gasteiger partial charge in [0.2, 0.25) is 0 Å². The monoisotopic (exact) mass is 550 g/mol. The minimum atomic E-state index is -0.00858. The first-order valence-corrected chi connectivity index (χ1v) is 14.0. The third kappa shape index (κ3) is 11.3. The van der Waals surface area contributed by atoms with E-state index in [2.05, 4.69) is 80.0 Å². The summed E-state index contributed by atoms with van der Waals surface area (Å²) in [4.78, 5) is 18.3. The Morgan fingerprint density at radius 3 is 1.92 bits per heavy atom. The van der Waals surface area contributed by atoms with E-state index in [-0.39, 0.29) is 17.1 Å². The molecule has 0 saturated carbocycles. The molecule has 194 valence electrons. The van der Waals surface area contributed by atoms with Crippen LogP contribution in [0.4, 0.5) is 0 Å². The molecule has 0 aliphatic carbocycles. The van der Waals surface area contributed by atoms with E-state index in [9.17, 15) is 4.79 Å². The van der Waals surface area contributed by atoms with Crippen LogP contribution in [-0.4, -0.2) is 53.9 Å². The number of ketones is 1. The third-order valence-electron chi connectivity index (χ3n) is 5.01.